The van der Waals surface area contributed by atoms with E-state index in [9.17, 15) is 0 Å². The zero-order chi connectivity index (χ0) is 15.6. The van der Waals surface area contributed by atoms with Crippen LogP contribution in [0.4, 0.5) is 0 Å². The maximum absolute atomic E-state index is 6.04. The fraction of sp³-hybridized carbons (Fsp3) is 0.444. The lowest BCUT2D eigenvalue weighted by Gasteiger charge is -2.33. The minimum absolute atomic E-state index is 0.278. The average Bonchev–Trinajstić information content (AvgIpc) is 2.37. The predicted octanol–water partition coefficient (Wildman–Crippen LogP) is 4.47. The van der Waals surface area contributed by atoms with Crippen molar-refractivity contribution in [2.45, 2.75) is 34.1 Å². The van der Waals surface area contributed by atoms with Crippen LogP contribution in [0.2, 0.25) is 0 Å². The minimum Gasteiger partial charge on any atom is -0.493 e. The number of hydrogen-bond acceptors (Lipinski definition) is 2. The third kappa shape index (κ3) is 3.89. The summed E-state index contributed by atoms with van der Waals surface area (Å²) in [5.74, 6) is 2.99. The molecule has 0 saturated carbocycles. The molecule has 0 aromatic heterocycles. The summed E-state index contributed by atoms with van der Waals surface area (Å²) in [7, 11) is 4.35. The molecule has 2 nitrogen and oxygen atoms in total. The molecule has 1 aliphatic rings. The third-order valence-electron chi connectivity index (χ3n) is 3.94. The van der Waals surface area contributed by atoms with Crippen molar-refractivity contribution in [1.82, 2.24) is 0 Å². The van der Waals surface area contributed by atoms with Crippen LogP contribution < -0.4 is 14.8 Å². The first-order valence-electron chi connectivity index (χ1n) is 7.31. The van der Waals surface area contributed by atoms with Crippen molar-refractivity contribution in [3.63, 3.8) is 0 Å². The molecular formula is C18H25O2P. The van der Waals surface area contributed by atoms with E-state index in [1.54, 1.807) is 7.11 Å². The van der Waals surface area contributed by atoms with E-state index < -0.39 is 0 Å². The zero-order valence-electron chi connectivity index (χ0n) is 13.6. The highest BCUT2D eigenvalue weighted by molar-refractivity contribution is 7.27. The summed E-state index contributed by atoms with van der Waals surface area (Å²) in [5.41, 5.74) is 1.65. The van der Waals surface area contributed by atoms with Crippen LogP contribution in [-0.2, 0) is 0 Å². The molecule has 3 heteroatoms. The van der Waals surface area contributed by atoms with Gasteiger partial charge in [0.1, 0.15) is 5.76 Å². The topological polar surface area (TPSA) is 18.5 Å². The van der Waals surface area contributed by atoms with Crippen molar-refractivity contribution >= 4 is 14.5 Å². The molecule has 1 aromatic carbocycles. The van der Waals surface area contributed by atoms with E-state index in [1.807, 2.05) is 18.2 Å². The van der Waals surface area contributed by atoms with E-state index in [0.717, 1.165) is 29.0 Å². The second-order valence-electron chi connectivity index (χ2n) is 6.66. The zero-order valence-corrected chi connectivity index (χ0v) is 14.7. The van der Waals surface area contributed by atoms with Crippen molar-refractivity contribution in [3.05, 3.63) is 41.7 Å². The molecule has 2 rings (SSSR count). The molecule has 0 N–H and O–H groups in total. The first kappa shape index (κ1) is 16.1. The van der Waals surface area contributed by atoms with Gasteiger partial charge in [-0.3, -0.25) is 0 Å². The molecule has 21 heavy (non-hydrogen) atoms. The van der Waals surface area contributed by atoms with Crippen LogP contribution in [-0.4, -0.2) is 7.11 Å². The van der Waals surface area contributed by atoms with E-state index in [1.165, 1.54) is 5.57 Å². The Labute approximate surface area is 130 Å². The van der Waals surface area contributed by atoms with E-state index >= 15 is 0 Å². The lowest BCUT2D eigenvalue weighted by Crippen LogP contribution is -2.23. The van der Waals surface area contributed by atoms with Crippen molar-refractivity contribution in [2.75, 3.05) is 7.11 Å². The van der Waals surface area contributed by atoms with E-state index in [4.69, 9.17) is 9.47 Å². The maximum atomic E-state index is 6.04. The molecule has 1 aromatic rings. The Kier molecular flexibility index (Phi) is 4.78. The van der Waals surface area contributed by atoms with Gasteiger partial charge in [0, 0.05) is 0 Å². The molecule has 2 unspecified atom stereocenters. The van der Waals surface area contributed by atoms with Crippen LogP contribution in [0.5, 0.6) is 11.5 Å². The van der Waals surface area contributed by atoms with Crippen LogP contribution in [0.1, 0.15) is 34.1 Å². The van der Waals surface area contributed by atoms with E-state index in [-0.39, 0.29) is 5.41 Å². The Morgan fingerprint density at radius 3 is 2.48 bits per heavy atom. The van der Waals surface area contributed by atoms with E-state index in [2.05, 4.69) is 49.1 Å². The van der Waals surface area contributed by atoms with Crippen molar-refractivity contribution in [2.24, 2.45) is 11.3 Å². The normalized spacial score (nSPS) is 18.9. The second kappa shape index (κ2) is 6.23. The molecule has 0 aliphatic heterocycles. The number of hydrogen-bond donors (Lipinski definition) is 0. The van der Waals surface area contributed by atoms with Crippen LogP contribution in [0.3, 0.4) is 0 Å². The van der Waals surface area contributed by atoms with Gasteiger partial charge in [-0.2, -0.15) is 0 Å². The first-order chi connectivity index (χ1) is 9.81. The Bertz CT molecular complexity index is 579. The fourth-order valence-corrected chi connectivity index (χ4v) is 3.06. The van der Waals surface area contributed by atoms with Gasteiger partial charge < -0.3 is 9.47 Å². The maximum Gasteiger partial charge on any atom is 0.169 e. The van der Waals surface area contributed by atoms with Crippen LogP contribution >= 0.6 is 9.24 Å². The fourth-order valence-electron chi connectivity index (χ4n) is 2.81. The number of allylic oxidation sites excluding steroid dienone is 3. The Hall–Kier alpha value is -1.27. The average molecular weight is 304 g/mol. The minimum atomic E-state index is 0.278. The number of benzene rings is 1. The Morgan fingerprint density at radius 2 is 1.90 bits per heavy atom. The predicted molar refractivity (Wildman–Crippen MR) is 92.4 cm³/mol. The largest absolute Gasteiger partial charge is 0.493 e. The van der Waals surface area contributed by atoms with Crippen molar-refractivity contribution < 1.29 is 9.47 Å². The molecule has 0 amide bonds. The van der Waals surface area contributed by atoms with Gasteiger partial charge in [-0.25, -0.2) is 0 Å². The highest BCUT2D eigenvalue weighted by Gasteiger charge is 2.27. The third-order valence-corrected chi connectivity index (χ3v) is 4.29. The molecule has 0 fully saturated rings. The molecule has 0 saturated heterocycles. The highest BCUT2D eigenvalue weighted by atomic mass is 31.0. The summed E-state index contributed by atoms with van der Waals surface area (Å²) in [6.07, 6.45) is 5.34. The SMILES string of the molecule is COc1ccc(P)cc1OC1=CCC(C(C)(C)C)C(C)=C1. The van der Waals surface area contributed by atoms with Crippen LogP contribution in [0.25, 0.3) is 0 Å². The molecular weight excluding hydrogens is 279 g/mol. The Morgan fingerprint density at radius 1 is 1.19 bits per heavy atom. The Balaban J connectivity index is 2.20. The van der Waals surface area contributed by atoms with Crippen molar-refractivity contribution in [3.8, 4) is 11.5 Å². The smallest absolute Gasteiger partial charge is 0.169 e. The lowest BCUT2D eigenvalue weighted by molar-refractivity contribution is 0.273. The van der Waals surface area contributed by atoms with Gasteiger partial charge >= 0.3 is 0 Å². The first-order valence-corrected chi connectivity index (χ1v) is 7.88. The summed E-state index contributed by atoms with van der Waals surface area (Å²) in [6.45, 7) is 9.05. The van der Waals surface area contributed by atoms with Gasteiger partial charge in [-0.05, 0) is 54.3 Å². The van der Waals surface area contributed by atoms with Gasteiger partial charge in [0.15, 0.2) is 11.5 Å². The number of methoxy groups -OCH3 is 1. The second-order valence-corrected chi connectivity index (χ2v) is 7.33. The summed E-state index contributed by atoms with van der Waals surface area (Å²) >= 11 is 0. The number of ether oxygens (including phenoxy) is 2. The summed E-state index contributed by atoms with van der Waals surface area (Å²) in [6, 6.07) is 5.89. The summed E-state index contributed by atoms with van der Waals surface area (Å²) in [4.78, 5) is 0. The molecule has 0 radical (unpaired) electrons. The van der Waals surface area contributed by atoms with Crippen LogP contribution in [0, 0.1) is 11.3 Å². The number of rotatable bonds is 3. The van der Waals surface area contributed by atoms with Gasteiger partial charge in [-0.1, -0.05) is 32.4 Å². The van der Waals surface area contributed by atoms with Crippen LogP contribution in [0.15, 0.2) is 41.7 Å². The summed E-state index contributed by atoms with van der Waals surface area (Å²) in [5, 5.41) is 1.08. The monoisotopic (exact) mass is 304 g/mol. The van der Waals surface area contributed by atoms with Crippen molar-refractivity contribution in [1.29, 1.82) is 0 Å². The molecule has 0 heterocycles. The van der Waals surface area contributed by atoms with Gasteiger partial charge in [-0.15, -0.1) is 9.24 Å². The highest BCUT2D eigenvalue weighted by Crippen LogP contribution is 2.39. The molecule has 2 atom stereocenters. The molecule has 0 bridgehead atoms. The molecule has 0 spiro atoms. The van der Waals surface area contributed by atoms with Gasteiger partial charge in [0.05, 0.1) is 7.11 Å². The quantitative estimate of drug-likeness (QED) is 0.767. The standard InChI is InChI=1S/C18H25O2P/c1-12-10-13(6-8-15(12)18(2,3)4)20-17-11-14(21)7-9-16(17)19-5/h6-7,9-11,15H,8,21H2,1-5H3. The molecule has 1 aliphatic carbocycles. The van der Waals surface area contributed by atoms with Gasteiger partial charge in [0.25, 0.3) is 0 Å². The molecule has 114 valence electrons. The van der Waals surface area contributed by atoms with E-state index in [0.29, 0.717) is 5.92 Å². The lowest BCUT2D eigenvalue weighted by atomic mass is 9.73. The summed E-state index contributed by atoms with van der Waals surface area (Å²) < 4.78 is 11.4. The van der Waals surface area contributed by atoms with Gasteiger partial charge in [0.2, 0.25) is 0 Å².